The first-order valence-electron chi connectivity index (χ1n) is 9.67. The Morgan fingerprint density at radius 3 is 2.38 bits per heavy atom. The van der Waals surface area contributed by atoms with Crippen molar-refractivity contribution in [3.05, 3.63) is 58.4 Å². The van der Waals surface area contributed by atoms with E-state index < -0.39 is 5.97 Å². The van der Waals surface area contributed by atoms with E-state index in [0.717, 1.165) is 37.4 Å². The summed E-state index contributed by atoms with van der Waals surface area (Å²) < 4.78 is 11.7. The average Bonchev–Trinajstić information content (AvgIpc) is 2.78. The van der Waals surface area contributed by atoms with E-state index in [-0.39, 0.29) is 5.56 Å². The average molecular weight is 393 g/mol. The molecular weight excluding hydrogens is 370 g/mol. The highest BCUT2D eigenvalue weighted by Crippen LogP contribution is 2.24. The summed E-state index contributed by atoms with van der Waals surface area (Å²) in [6.07, 6.45) is 3.28. The molecular formula is C22H23N3O4. The number of nitrogens with zero attached hydrogens (tertiary/aromatic N) is 3. The van der Waals surface area contributed by atoms with Crippen molar-refractivity contribution in [2.24, 2.45) is 0 Å². The molecule has 0 saturated carbocycles. The van der Waals surface area contributed by atoms with Gasteiger partial charge in [0.15, 0.2) is 0 Å². The van der Waals surface area contributed by atoms with E-state index in [1.54, 1.807) is 29.9 Å². The number of benzene rings is 2. The van der Waals surface area contributed by atoms with Crippen LogP contribution < -0.4 is 15.2 Å². The lowest BCUT2D eigenvalue weighted by Gasteiger charge is -2.30. The van der Waals surface area contributed by atoms with Gasteiger partial charge < -0.3 is 14.4 Å². The minimum absolute atomic E-state index is 0.169. The molecule has 3 aromatic rings. The summed E-state index contributed by atoms with van der Waals surface area (Å²) in [5.74, 6) is 0.861. The molecule has 0 unspecified atom stereocenters. The Labute approximate surface area is 168 Å². The van der Waals surface area contributed by atoms with Crippen molar-refractivity contribution in [3.63, 3.8) is 0 Å². The SMILES string of the molecule is COC(=O)c1ccc2c(=O)n(-c3ccc(OC)cc3)c(N3CCCCC3)nc2c1. The maximum Gasteiger partial charge on any atom is 0.337 e. The monoisotopic (exact) mass is 393 g/mol. The molecule has 7 heteroatoms. The Bertz CT molecular complexity index is 1100. The molecule has 2 aromatic carbocycles. The summed E-state index contributed by atoms with van der Waals surface area (Å²) in [5, 5.41) is 0.453. The molecule has 0 N–H and O–H groups in total. The van der Waals surface area contributed by atoms with Crippen LogP contribution in [0.5, 0.6) is 5.75 Å². The summed E-state index contributed by atoms with van der Waals surface area (Å²) in [5.41, 5.74) is 1.42. The minimum Gasteiger partial charge on any atom is -0.497 e. The lowest BCUT2D eigenvalue weighted by molar-refractivity contribution is 0.0601. The molecule has 1 saturated heterocycles. The Hall–Kier alpha value is -3.35. The van der Waals surface area contributed by atoms with Crippen LogP contribution in [0, 0.1) is 0 Å². The molecule has 150 valence electrons. The molecule has 0 bridgehead atoms. The van der Waals surface area contributed by atoms with Gasteiger partial charge in [0.1, 0.15) is 5.75 Å². The first-order valence-corrected chi connectivity index (χ1v) is 9.67. The van der Waals surface area contributed by atoms with E-state index in [0.29, 0.717) is 22.4 Å². The van der Waals surface area contributed by atoms with Gasteiger partial charge in [0.25, 0.3) is 5.56 Å². The van der Waals surface area contributed by atoms with E-state index >= 15 is 0 Å². The lowest BCUT2D eigenvalue weighted by atomic mass is 10.1. The first-order chi connectivity index (χ1) is 14.1. The third-order valence-corrected chi connectivity index (χ3v) is 5.24. The van der Waals surface area contributed by atoms with Crippen molar-refractivity contribution in [2.45, 2.75) is 19.3 Å². The number of rotatable bonds is 4. The van der Waals surface area contributed by atoms with Gasteiger partial charge in [-0.3, -0.25) is 4.79 Å². The van der Waals surface area contributed by atoms with Crippen LogP contribution in [0.2, 0.25) is 0 Å². The molecule has 0 spiro atoms. The van der Waals surface area contributed by atoms with Crippen molar-refractivity contribution in [3.8, 4) is 11.4 Å². The summed E-state index contributed by atoms with van der Waals surface area (Å²) in [6.45, 7) is 1.68. The Balaban J connectivity index is 1.94. The molecule has 0 radical (unpaired) electrons. The number of anilines is 1. The number of esters is 1. The van der Waals surface area contributed by atoms with E-state index in [9.17, 15) is 9.59 Å². The second kappa shape index (κ2) is 7.95. The number of methoxy groups -OCH3 is 2. The van der Waals surface area contributed by atoms with Crippen LogP contribution in [0.4, 0.5) is 5.95 Å². The first kappa shape index (κ1) is 19.0. The van der Waals surface area contributed by atoms with Gasteiger partial charge in [-0.15, -0.1) is 0 Å². The van der Waals surface area contributed by atoms with Gasteiger partial charge in [-0.2, -0.15) is 0 Å². The molecule has 1 fully saturated rings. The van der Waals surface area contributed by atoms with Crippen LogP contribution in [0.3, 0.4) is 0 Å². The molecule has 1 aliphatic rings. The number of fused-ring (bicyclic) bond motifs is 1. The number of hydrogen-bond donors (Lipinski definition) is 0. The van der Waals surface area contributed by atoms with Crippen LogP contribution in [-0.2, 0) is 4.74 Å². The highest BCUT2D eigenvalue weighted by molar-refractivity contribution is 5.94. The molecule has 4 rings (SSSR count). The third kappa shape index (κ3) is 3.55. The number of hydrogen-bond acceptors (Lipinski definition) is 6. The predicted octanol–water partition coefficient (Wildman–Crippen LogP) is 3.17. The van der Waals surface area contributed by atoms with Crippen molar-refractivity contribution in [2.75, 3.05) is 32.2 Å². The Morgan fingerprint density at radius 2 is 1.72 bits per heavy atom. The summed E-state index contributed by atoms with van der Waals surface area (Å²) in [7, 11) is 2.94. The zero-order valence-electron chi connectivity index (χ0n) is 16.6. The quantitative estimate of drug-likeness (QED) is 0.634. The lowest BCUT2D eigenvalue weighted by Crippen LogP contribution is -2.36. The molecule has 0 atom stereocenters. The smallest absolute Gasteiger partial charge is 0.337 e. The number of ether oxygens (including phenoxy) is 2. The van der Waals surface area contributed by atoms with Gasteiger partial charge in [0.05, 0.1) is 36.4 Å². The largest absolute Gasteiger partial charge is 0.497 e. The Kier molecular flexibility index (Phi) is 5.20. The molecule has 2 heterocycles. The van der Waals surface area contributed by atoms with E-state index in [4.69, 9.17) is 14.5 Å². The van der Waals surface area contributed by atoms with E-state index in [2.05, 4.69) is 4.90 Å². The summed E-state index contributed by atoms with van der Waals surface area (Å²) in [6, 6.07) is 12.2. The molecule has 0 aliphatic carbocycles. The number of carbonyl (C=O) groups excluding carboxylic acids is 1. The fraction of sp³-hybridized carbons (Fsp3) is 0.318. The number of aromatic nitrogens is 2. The van der Waals surface area contributed by atoms with Gasteiger partial charge in [-0.1, -0.05) is 0 Å². The van der Waals surface area contributed by atoms with E-state index in [1.807, 2.05) is 24.3 Å². The molecule has 7 nitrogen and oxygen atoms in total. The van der Waals surface area contributed by atoms with Gasteiger partial charge in [0.2, 0.25) is 5.95 Å². The molecule has 1 aromatic heterocycles. The van der Waals surface area contributed by atoms with E-state index in [1.165, 1.54) is 13.5 Å². The Morgan fingerprint density at radius 1 is 1.00 bits per heavy atom. The molecule has 1 aliphatic heterocycles. The minimum atomic E-state index is -0.451. The molecule has 0 amide bonds. The zero-order valence-corrected chi connectivity index (χ0v) is 16.6. The summed E-state index contributed by atoms with van der Waals surface area (Å²) in [4.78, 5) is 32.3. The van der Waals surface area contributed by atoms with Gasteiger partial charge in [0, 0.05) is 13.1 Å². The van der Waals surface area contributed by atoms with Gasteiger partial charge in [-0.05, 0) is 61.7 Å². The van der Waals surface area contributed by atoms with Crippen LogP contribution in [0.25, 0.3) is 16.6 Å². The number of piperidine rings is 1. The molecule has 29 heavy (non-hydrogen) atoms. The fourth-order valence-corrected chi connectivity index (χ4v) is 3.69. The van der Waals surface area contributed by atoms with Crippen LogP contribution in [0.1, 0.15) is 29.6 Å². The normalized spacial score (nSPS) is 14.1. The predicted molar refractivity (Wildman–Crippen MR) is 111 cm³/mol. The standard InChI is InChI=1S/C22H23N3O4/c1-28-17-9-7-16(8-10-17)25-20(26)18-11-6-15(21(27)29-2)14-19(18)23-22(25)24-12-4-3-5-13-24/h6-11,14H,3-5,12-13H2,1-2H3. The fourth-order valence-electron chi connectivity index (χ4n) is 3.69. The highest BCUT2D eigenvalue weighted by atomic mass is 16.5. The summed E-state index contributed by atoms with van der Waals surface area (Å²) >= 11 is 0. The third-order valence-electron chi connectivity index (χ3n) is 5.24. The maximum atomic E-state index is 13.4. The van der Waals surface area contributed by atoms with Crippen LogP contribution in [0.15, 0.2) is 47.3 Å². The van der Waals surface area contributed by atoms with Crippen molar-refractivity contribution >= 4 is 22.8 Å². The second-order valence-corrected chi connectivity index (χ2v) is 7.02. The second-order valence-electron chi connectivity index (χ2n) is 7.02. The maximum absolute atomic E-state index is 13.4. The van der Waals surface area contributed by atoms with Crippen molar-refractivity contribution < 1.29 is 14.3 Å². The van der Waals surface area contributed by atoms with Gasteiger partial charge >= 0.3 is 5.97 Å². The van der Waals surface area contributed by atoms with Crippen molar-refractivity contribution in [1.29, 1.82) is 0 Å². The topological polar surface area (TPSA) is 73.7 Å². The van der Waals surface area contributed by atoms with Crippen LogP contribution >= 0.6 is 0 Å². The van der Waals surface area contributed by atoms with Crippen LogP contribution in [-0.4, -0.2) is 42.8 Å². The highest BCUT2D eigenvalue weighted by Gasteiger charge is 2.21. The number of carbonyl (C=O) groups is 1. The van der Waals surface area contributed by atoms with Crippen molar-refractivity contribution in [1.82, 2.24) is 9.55 Å². The van der Waals surface area contributed by atoms with Gasteiger partial charge in [-0.25, -0.2) is 14.3 Å². The zero-order chi connectivity index (χ0) is 20.4.